The number of alkyl halides is 3. The summed E-state index contributed by atoms with van der Waals surface area (Å²) in [5.41, 5.74) is 3.31. The number of fused-ring (bicyclic) bond motifs is 1. The molecule has 1 unspecified atom stereocenters. The second-order valence-electron chi connectivity index (χ2n) is 7.41. The molecule has 0 fully saturated rings. The SMILES string of the molecule is CC(NC(=O)c1cc2oc(-c3ccc(C(F)(F)F)cc3)cc2[nH]1)c1cccc(C(=O)NO)c1. The first kappa shape index (κ1) is 22.2. The van der Waals surface area contributed by atoms with E-state index < -0.39 is 29.6 Å². The number of hydrogen-bond donors (Lipinski definition) is 4. The third-order valence-electron chi connectivity index (χ3n) is 5.14. The molecule has 2 aromatic heterocycles. The van der Waals surface area contributed by atoms with E-state index in [-0.39, 0.29) is 11.3 Å². The molecule has 1 atom stereocenters. The van der Waals surface area contributed by atoms with Crippen molar-refractivity contribution in [1.82, 2.24) is 15.8 Å². The van der Waals surface area contributed by atoms with Gasteiger partial charge < -0.3 is 14.7 Å². The number of H-pyrrole nitrogens is 1. The number of carbonyl (C=O) groups excluding carboxylic acids is 2. The van der Waals surface area contributed by atoms with Crippen LogP contribution in [-0.4, -0.2) is 22.0 Å². The summed E-state index contributed by atoms with van der Waals surface area (Å²) in [5.74, 6) is -0.713. The Morgan fingerprint density at radius 1 is 1.03 bits per heavy atom. The minimum absolute atomic E-state index is 0.235. The van der Waals surface area contributed by atoms with Gasteiger partial charge >= 0.3 is 6.18 Å². The number of aromatic amines is 1. The Kier molecular flexibility index (Phi) is 5.69. The van der Waals surface area contributed by atoms with Crippen LogP contribution in [0.25, 0.3) is 22.4 Å². The zero-order chi connectivity index (χ0) is 23.8. The smallest absolute Gasteiger partial charge is 0.416 e. The molecule has 2 aromatic carbocycles. The molecule has 0 radical (unpaired) electrons. The maximum absolute atomic E-state index is 12.7. The number of halogens is 3. The molecule has 4 aromatic rings. The first-order chi connectivity index (χ1) is 15.7. The minimum atomic E-state index is -4.42. The van der Waals surface area contributed by atoms with E-state index in [2.05, 4.69) is 10.3 Å². The lowest BCUT2D eigenvalue weighted by molar-refractivity contribution is -0.137. The van der Waals surface area contributed by atoms with E-state index in [1.165, 1.54) is 24.3 Å². The molecule has 0 saturated carbocycles. The van der Waals surface area contributed by atoms with Crippen molar-refractivity contribution in [2.45, 2.75) is 19.1 Å². The van der Waals surface area contributed by atoms with Crippen molar-refractivity contribution in [2.75, 3.05) is 0 Å². The van der Waals surface area contributed by atoms with E-state index in [4.69, 9.17) is 9.62 Å². The van der Waals surface area contributed by atoms with Crippen LogP contribution in [0, 0.1) is 0 Å². The van der Waals surface area contributed by atoms with Crippen LogP contribution in [0.5, 0.6) is 0 Å². The van der Waals surface area contributed by atoms with Crippen molar-refractivity contribution in [2.24, 2.45) is 0 Å². The molecule has 7 nitrogen and oxygen atoms in total. The van der Waals surface area contributed by atoms with Crippen molar-refractivity contribution < 1.29 is 32.4 Å². The van der Waals surface area contributed by atoms with Gasteiger partial charge in [0.15, 0.2) is 5.58 Å². The zero-order valence-electron chi connectivity index (χ0n) is 17.2. The predicted octanol–water partition coefficient (Wildman–Crippen LogP) is 5.06. The predicted molar refractivity (Wildman–Crippen MR) is 113 cm³/mol. The fraction of sp³-hybridized carbons (Fsp3) is 0.130. The number of hydrogen-bond acceptors (Lipinski definition) is 4. The van der Waals surface area contributed by atoms with E-state index in [0.717, 1.165) is 12.1 Å². The van der Waals surface area contributed by atoms with Gasteiger partial charge in [0.05, 0.1) is 17.1 Å². The molecule has 4 N–H and O–H groups in total. The normalized spacial score (nSPS) is 12.5. The number of benzene rings is 2. The fourth-order valence-corrected chi connectivity index (χ4v) is 3.38. The summed E-state index contributed by atoms with van der Waals surface area (Å²) in [7, 11) is 0. The number of hydroxylamine groups is 1. The van der Waals surface area contributed by atoms with E-state index in [0.29, 0.717) is 28.0 Å². The molecule has 10 heteroatoms. The summed E-state index contributed by atoms with van der Waals surface area (Å²) in [6.45, 7) is 1.74. The van der Waals surface area contributed by atoms with Crippen LogP contribution in [0.2, 0.25) is 0 Å². The largest absolute Gasteiger partial charge is 0.454 e. The highest BCUT2D eigenvalue weighted by Gasteiger charge is 2.30. The monoisotopic (exact) mass is 457 g/mol. The van der Waals surface area contributed by atoms with Crippen LogP contribution in [0.4, 0.5) is 13.2 Å². The topological polar surface area (TPSA) is 107 Å². The molecule has 0 saturated heterocycles. The summed E-state index contributed by atoms with van der Waals surface area (Å²) in [6, 6.07) is 13.7. The summed E-state index contributed by atoms with van der Waals surface area (Å²) in [5, 5.41) is 11.6. The van der Waals surface area contributed by atoms with E-state index >= 15 is 0 Å². The molecule has 0 bridgehead atoms. The maximum atomic E-state index is 12.7. The zero-order valence-corrected chi connectivity index (χ0v) is 17.2. The highest BCUT2D eigenvalue weighted by atomic mass is 19.4. The van der Waals surface area contributed by atoms with Gasteiger partial charge in [-0.05, 0) is 36.8 Å². The number of aromatic nitrogens is 1. The first-order valence-corrected chi connectivity index (χ1v) is 9.81. The second-order valence-corrected chi connectivity index (χ2v) is 7.41. The molecule has 2 amide bonds. The minimum Gasteiger partial charge on any atom is -0.454 e. The third-order valence-corrected chi connectivity index (χ3v) is 5.14. The third kappa shape index (κ3) is 4.60. The van der Waals surface area contributed by atoms with Crippen molar-refractivity contribution in [3.63, 3.8) is 0 Å². The van der Waals surface area contributed by atoms with Gasteiger partial charge in [-0.2, -0.15) is 13.2 Å². The molecule has 0 aliphatic rings. The van der Waals surface area contributed by atoms with Crippen molar-refractivity contribution in [3.05, 3.63) is 83.0 Å². The Balaban J connectivity index is 1.49. The molecule has 0 spiro atoms. The second kappa shape index (κ2) is 8.47. The van der Waals surface area contributed by atoms with Crippen LogP contribution >= 0.6 is 0 Å². The summed E-state index contributed by atoms with van der Waals surface area (Å²) < 4.78 is 43.9. The van der Waals surface area contributed by atoms with Gasteiger partial charge in [-0.1, -0.05) is 24.3 Å². The van der Waals surface area contributed by atoms with Gasteiger partial charge in [-0.15, -0.1) is 0 Å². The van der Waals surface area contributed by atoms with Crippen LogP contribution in [0.15, 0.2) is 65.1 Å². The van der Waals surface area contributed by atoms with Crippen LogP contribution in [0.3, 0.4) is 0 Å². The molecule has 2 heterocycles. The number of rotatable bonds is 5. The molecule has 33 heavy (non-hydrogen) atoms. The van der Waals surface area contributed by atoms with Gasteiger partial charge in [0.2, 0.25) is 0 Å². The van der Waals surface area contributed by atoms with Crippen molar-refractivity contribution in [1.29, 1.82) is 0 Å². The van der Waals surface area contributed by atoms with Gasteiger partial charge in [-0.25, -0.2) is 5.48 Å². The molecular formula is C23H18F3N3O4. The highest BCUT2D eigenvalue weighted by Crippen LogP contribution is 2.33. The van der Waals surface area contributed by atoms with Crippen molar-refractivity contribution in [3.8, 4) is 11.3 Å². The first-order valence-electron chi connectivity index (χ1n) is 9.81. The summed E-state index contributed by atoms with van der Waals surface area (Å²) in [4.78, 5) is 27.2. The van der Waals surface area contributed by atoms with Gasteiger partial charge in [0.25, 0.3) is 11.8 Å². The molecule has 0 aliphatic heterocycles. The maximum Gasteiger partial charge on any atom is 0.416 e. The number of carbonyl (C=O) groups is 2. The van der Waals surface area contributed by atoms with Gasteiger partial charge in [0.1, 0.15) is 11.5 Å². The molecular weight excluding hydrogens is 439 g/mol. The van der Waals surface area contributed by atoms with Gasteiger partial charge in [0, 0.05) is 23.3 Å². The average Bonchev–Trinajstić information content (AvgIpc) is 3.38. The lowest BCUT2D eigenvalue weighted by atomic mass is 10.0. The van der Waals surface area contributed by atoms with E-state index in [1.807, 2.05) is 0 Å². The molecule has 0 aliphatic carbocycles. The quantitative estimate of drug-likeness (QED) is 0.248. The fourth-order valence-electron chi connectivity index (χ4n) is 3.38. The van der Waals surface area contributed by atoms with E-state index in [9.17, 15) is 22.8 Å². The number of nitrogens with one attached hydrogen (secondary N) is 3. The Bertz CT molecular complexity index is 1290. The lowest BCUT2D eigenvalue weighted by Crippen LogP contribution is -2.27. The molecule has 170 valence electrons. The Morgan fingerprint density at radius 3 is 2.39 bits per heavy atom. The van der Waals surface area contributed by atoms with Crippen molar-refractivity contribution >= 4 is 22.9 Å². The lowest BCUT2D eigenvalue weighted by Gasteiger charge is -2.14. The van der Waals surface area contributed by atoms with Crippen LogP contribution in [0.1, 0.15) is 44.9 Å². The van der Waals surface area contributed by atoms with Crippen LogP contribution < -0.4 is 10.8 Å². The Hall–Kier alpha value is -4.05. The van der Waals surface area contributed by atoms with Gasteiger partial charge in [-0.3, -0.25) is 14.8 Å². The summed E-state index contributed by atoms with van der Waals surface area (Å²) >= 11 is 0. The summed E-state index contributed by atoms with van der Waals surface area (Å²) in [6.07, 6.45) is -4.42. The Labute approximate surface area is 185 Å². The highest BCUT2D eigenvalue weighted by molar-refractivity contribution is 5.98. The van der Waals surface area contributed by atoms with E-state index in [1.54, 1.807) is 36.7 Å². The van der Waals surface area contributed by atoms with Crippen LogP contribution in [-0.2, 0) is 6.18 Å². The standard InChI is InChI=1S/C23H18F3N3O4/c1-12(14-3-2-4-15(9-14)21(30)29-32)27-22(31)18-11-20-17(28-18)10-19(33-20)13-5-7-16(8-6-13)23(24,25)26/h2-12,28,32H,1H3,(H,27,31)(H,29,30). The molecule has 4 rings (SSSR count). The number of furan rings is 1. The Morgan fingerprint density at radius 2 is 1.76 bits per heavy atom. The average molecular weight is 457 g/mol. The number of amides is 2.